The maximum Gasteiger partial charge on any atom is 0.416 e. The van der Waals surface area contributed by atoms with Gasteiger partial charge in [-0.3, -0.25) is 4.79 Å². The summed E-state index contributed by atoms with van der Waals surface area (Å²) in [6.45, 7) is 2.99. The molecule has 1 amide bonds. The molecule has 0 saturated heterocycles. The number of hydrogen-bond donors (Lipinski definition) is 1. The van der Waals surface area contributed by atoms with E-state index >= 15 is 0 Å². The van der Waals surface area contributed by atoms with Crippen LogP contribution in [0.15, 0.2) is 47.1 Å². The van der Waals surface area contributed by atoms with Crippen LogP contribution in [-0.2, 0) is 17.5 Å². The summed E-state index contributed by atoms with van der Waals surface area (Å²) in [5, 5.41) is 3.31. The number of nitrogens with zero attached hydrogens (tertiary/aromatic N) is 1. The van der Waals surface area contributed by atoms with E-state index in [0.29, 0.717) is 47.3 Å². The molecule has 3 aromatic rings. The van der Waals surface area contributed by atoms with Gasteiger partial charge in [0.15, 0.2) is 0 Å². The first-order chi connectivity index (χ1) is 13.8. The van der Waals surface area contributed by atoms with Crippen molar-refractivity contribution >= 4 is 17.2 Å². The van der Waals surface area contributed by atoms with Gasteiger partial charge in [0.25, 0.3) is 5.91 Å². The molecule has 0 saturated carbocycles. The Hall–Kier alpha value is -2.65. The van der Waals surface area contributed by atoms with Gasteiger partial charge in [0.05, 0.1) is 17.5 Å². The van der Waals surface area contributed by atoms with Crippen molar-refractivity contribution < 1.29 is 27.1 Å². The number of aromatic nitrogens is 1. The standard InChI is InChI=1S/C20H19F3N2O3S/c1-13-17(18(26)24-9-3-10-27-12-16-4-2-11-28-16)29-19(25-13)14-5-7-15(8-6-14)20(21,22)23/h2,4-8,11H,3,9-10,12H2,1H3,(H,24,26). The fourth-order valence-electron chi connectivity index (χ4n) is 2.56. The lowest BCUT2D eigenvalue weighted by Gasteiger charge is -2.06. The number of carbonyl (C=O) groups is 1. The summed E-state index contributed by atoms with van der Waals surface area (Å²) >= 11 is 1.15. The molecule has 29 heavy (non-hydrogen) atoms. The van der Waals surface area contributed by atoms with Crippen LogP contribution in [0.5, 0.6) is 0 Å². The summed E-state index contributed by atoms with van der Waals surface area (Å²) in [6.07, 6.45) is -2.17. The Bertz CT molecular complexity index is 935. The lowest BCUT2D eigenvalue weighted by Crippen LogP contribution is -2.25. The number of alkyl halides is 3. The molecule has 2 aromatic heterocycles. The summed E-state index contributed by atoms with van der Waals surface area (Å²) < 4.78 is 48.7. The highest BCUT2D eigenvalue weighted by Gasteiger charge is 2.30. The molecule has 0 aliphatic rings. The second-order valence-corrected chi connectivity index (χ2v) is 7.25. The van der Waals surface area contributed by atoms with Crippen molar-refractivity contribution in [2.45, 2.75) is 26.1 Å². The van der Waals surface area contributed by atoms with Gasteiger partial charge in [0.2, 0.25) is 0 Å². The Balaban J connectivity index is 1.50. The van der Waals surface area contributed by atoms with Crippen LogP contribution in [-0.4, -0.2) is 24.0 Å². The van der Waals surface area contributed by atoms with Gasteiger partial charge in [-0.15, -0.1) is 11.3 Å². The van der Waals surface area contributed by atoms with Gasteiger partial charge >= 0.3 is 6.18 Å². The lowest BCUT2D eigenvalue weighted by molar-refractivity contribution is -0.137. The first kappa shape index (κ1) is 21.1. The first-order valence-electron chi connectivity index (χ1n) is 8.88. The van der Waals surface area contributed by atoms with Crippen LogP contribution in [0.2, 0.25) is 0 Å². The maximum atomic E-state index is 12.7. The van der Waals surface area contributed by atoms with Crippen LogP contribution < -0.4 is 5.32 Å². The molecule has 5 nitrogen and oxygen atoms in total. The van der Waals surface area contributed by atoms with E-state index in [1.807, 2.05) is 6.07 Å². The molecule has 0 atom stereocenters. The van der Waals surface area contributed by atoms with Crippen molar-refractivity contribution in [3.05, 3.63) is 64.6 Å². The highest BCUT2D eigenvalue weighted by molar-refractivity contribution is 7.17. The lowest BCUT2D eigenvalue weighted by atomic mass is 10.1. The number of rotatable bonds is 8. The van der Waals surface area contributed by atoms with Gasteiger partial charge in [-0.2, -0.15) is 13.2 Å². The molecular weight excluding hydrogens is 405 g/mol. The third-order valence-electron chi connectivity index (χ3n) is 4.04. The number of thiazole rings is 1. The zero-order valence-corrected chi connectivity index (χ0v) is 16.4. The third-order valence-corrected chi connectivity index (χ3v) is 5.24. The smallest absolute Gasteiger partial charge is 0.416 e. The van der Waals surface area contributed by atoms with Gasteiger partial charge in [0.1, 0.15) is 22.3 Å². The Morgan fingerprint density at radius 2 is 2.00 bits per heavy atom. The topological polar surface area (TPSA) is 64.4 Å². The summed E-state index contributed by atoms with van der Waals surface area (Å²) in [5.74, 6) is 0.481. The van der Waals surface area contributed by atoms with E-state index in [0.717, 1.165) is 29.2 Å². The highest BCUT2D eigenvalue weighted by Crippen LogP contribution is 2.32. The predicted octanol–water partition coefficient (Wildman–Crippen LogP) is 5.07. The summed E-state index contributed by atoms with van der Waals surface area (Å²) in [7, 11) is 0. The normalized spacial score (nSPS) is 11.6. The molecule has 0 aliphatic heterocycles. The zero-order valence-electron chi connectivity index (χ0n) is 15.6. The quantitative estimate of drug-likeness (QED) is 0.513. The van der Waals surface area contributed by atoms with Gasteiger partial charge in [-0.25, -0.2) is 4.98 Å². The number of halogens is 3. The van der Waals surface area contributed by atoms with Gasteiger partial charge < -0.3 is 14.5 Å². The third kappa shape index (κ3) is 5.68. The van der Waals surface area contributed by atoms with Gasteiger partial charge in [-0.1, -0.05) is 12.1 Å². The zero-order chi connectivity index (χ0) is 20.9. The number of furan rings is 1. The molecule has 1 aromatic carbocycles. The summed E-state index contributed by atoms with van der Waals surface area (Å²) in [6, 6.07) is 8.35. The van der Waals surface area contributed by atoms with Crippen molar-refractivity contribution in [3.8, 4) is 10.6 Å². The summed E-state index contributed by atoms with van der Waals surface area (Å²) in [5.41, 5.74) is 0.356. The van der Waals surface area contributed by atoms with E-state index in [1.165, 1.54) is 12.1 Å². The van der Waals surface area contributed by atoms with E-state index in [9.17, 15) is 18.0 Å². The fraction of sp³-hybridized carbons (Fsp3) is 0.300. The number of ether oxygens (including phenoxy) is 1. The Morgan fingerprint density at radius 1 is 1.24 bits per heavy atom. The number of nitrogens with one attached hydrogen (secondary N) is 1. The van der Waals surface area contributed by atoms with Crippen molar-refractivity contribution in [2.75, 3.05) is 13.2 Å². The molecule has 0 spiro atoms. The molecule has 2 heterocycles. The average molecular weight is 424 g/mol. The SMILES string of the molecule is Cc1nc(-c2ccc(C(F)(F)F)cc2)sc1C(=O)NCCCOCc1ccco1. The molecule has 0 unspecified atom stereocenters. The van der Waals surface area contributed by atoms with E-state index in [4.69, 9.17) is 9.15 Å². The van der Waals surface area contributed by atoms with Crippen LogP contribution in [0.4, 0.5) is 13.2 Å². The molecule has 3 rings (SSSR count). The first-order valence-corrected chi connectivity index (χ1v) is 9.69. The van der Waals surface area contributed by atoms with E-state index in [1.54, 1.807) is 19.3 Å². The van der Waals surface area contributed by atoms with E-state index in [2.05, 4.69) is 10.3 Å². The second kappa shape index (κ2) is 9.23. The number of amides is 1. The fourth-order valence-corrected chi connectivity index (χ4v) is 3.54. The van der Waals surface area contributed by atoms with Crippen LogP contribution in [0.1, 0.15) is 33.1 Å². The minimum atomic E-state index is -4.38. The molecule has 1 N–H and O–H groups in total. The van der Waals surface area contributed by atoms with Crippen molar-refractivity contribution in [3.63, 3.8) is 0 Å². The van der Waals surface area contributed by atoms with Crippen LogP contribution in [0, 0.1) is 6.92 Å². The van der Waals surface area contributed by atoms with Crippen molar-refractivity contribution in [2.24, 2.45) is 0 Å². The van der Waals surface area contributed by atoms with E-state index < -0.39 is 11.7 Å². The Labute approximate surface area is 169 Å². The molecule has 0 aliphatic carbocycles. The maximum absolute atomic E-state index is 12.7. The molecular formula is C20H19F3N2O3S. The van der Waals surface area contributed by atoms with Gasteiger partial charge in [-0.05, 0) is 37.6 Å². The summed E-state index contributed by atoms with van der Waals surface area (Å²) in [4.78, 5) is 17.1. The van der Waals surface area contributed by atoms with Crippen molar-refractivity contribution in [1.29, 1.82) is 0 Å². The number of carbonyl (C=O) groups excluding carboxylic acids is 1. The van der Waals surface area contributed by atoms with Gasteiger partial charge in [0, 0.05) is 18.7 Å². The minimum absolute atomic E-state index is 0.260. The van der Waals surface area contributed by atoms with Crippen LogP contribution in [0.3, 0.4) is 0 Å². The molecule has 9 heteroatoms. The average Bonchev–Trinajstić information content (AvgIpc) is 3.33. The number of aryl methyl sites for hydroxylation is 1. The largest absolute Gasteiger partial charge is 0.467 e. The number of hydrogen-bond acceptors (Lipinski definition) is 5. The second-order valence-electron chi connectivity index (χ2n) is 6.25. The monoisotopic (exact) mass is 424 g/mol. The molecule has 154 valence electrons. The Kier molecular flexibility index (Phi) is 6.71. The molecule has 0 bridgehead atoms. The van der Waals surface area contributed by atoms with Crippen LogP contribution in [0.25, 0.3) is 10.6 Å². The van der Waals surface area contributed by atoms with Crippen LogP contribution >= 0.6 is 11.3 Å². The number of benzene rings is 1. The van der Waals surface area contributed by atoms with Crippen molar-refractivity contribution in [1.82, 2.24) is 10.3 Å². The van der Waals surface area contributed by atoms with E-state index in [-0.39, 0.29) is 5.91 Å². The minimum Gasteiger partial charge on any atom is -0.467 e. The molecule has 0 radical (unpaired) electrons. The Morgan fingerprint density at radius 3 is 2.66 bits per heavy atom. The highest BCUT2D eigenvalue weighted by atomic mass is 32.1. The molecule has 0 fully saturated rings. The predicted molar refractivity (Wildman–Crippen MR) is 103 cm³/mol.